The molecular weight excluding hydrogens is 228 g/mol. The van der Waals surface area contributed by atoms with Crippen molar-refractivity contribution in [3.8, 4) is 17.1 Å². The summed E-state index contributed by atoms with van der Waals surface area (Å²) in [5, 5.41) is 4.46. The molecule has 94 valence electrons. The second-order valence-electron chi connectivity index (χ2n) is 4.65. The lowest BCUT2D eigenvalue weighted by atomic mass is 10.2. The smallest absolute Gasteiger partial charge is 0.181 e. The van der Waals surface area contributed by atoms with Gasteiger partial charge in [0.25, 0.3) is 0 Å². The number of ether oxygens (including phenoxy) is 1. The third-order valence-electron chi connectivity index (χ3n) is 3.23. The van der Waals surface area contributed by atoms with Gasteiger partial charge in [0.05, 0.1) is 12.8 Å². The first-order valence-electron chi connectivity index (χ1n) is 6.04. The Bertz CT molecular complexity index is 587. The topological polar surface area (TPSA) is 66.0 Å². The minimum Gasteiger partial charge on any atom is -0.495 e. The van der Waals surface area contributed by atoms with Crippen molar-refractivity contribution in [2.45, 2.75) is 18.8 Å². The molecule has 1 aliphatic carbocycles. The minimum atomic E-state index is 0.590. The van der Waals surface area contributed by atoms with Gasteiger partial charge < -0.3 is 10.5 Å². The Balaban J connectivity index is 2.01. The van der Waals surface area contributed by atoms with E-state index in [-0.39, 0.29) is 0 Å². The standard InChI is InChI=1S/C13H16N4O/c1-17-13(8-3-4-8)15-12(16-17)9-5-6-10(14)11(7-9)18-2/h5-8H,3-4,14H2,1-2H3. The number of rotatable bonds is 3. The summed E-state index contributed by atoms with van der Waals surface area (Å²) in [4.78, 5) is 4.60. The Labute approximate surface area is 106 Å². The predicted molar refractivity (Wildman–Crippen MR) is 69.4 cm³/mol. The van der Waals surface area contributed by atoms with Gasteiger partial charge in [-0.1, -0.05) is 0 Å². The molecule has 5 heteroatoms. The third-order valence-corrected chi connectivity index (χ3v) is 3.23. The van der Waals surface area contributed by atoms with Crippen LogP contribution in [-0.2, 0) is 7.05 Å². The van der Waals surface area contributed by atoms with Crippen molar-refractivity contribution in [1.29, 1.82) is 0 Å². The molecule has 1 heterocycles. The predicted octanol–water partition coefficient (Wildman–Crippen LogP) is 1.95. The Kier molecular flexibility index (Phi) is 2.47. The van der Waals surface area contributed by atoms with E-state index in [1.54, 1.807) is 7.11 Å². The highest BCUT2D eigenvalue weighted by atomic mass is 16.5. The highest BCUT2D eigenvalue weighted by molar-refractivity contribution is 5.65. The van der Waals surface area contributed by atoms with Crippen LogP contribution in [0.2, 0.25) is 0 Å². The molecule has 0 spiro atoms. The van der Waals surface area contributed by atoms with Gasteiger partial charge in [0.2, 0.25) is 0 Å². The second kappa shape index (κ2) is 4.01. The van der Waals surface area contributed by atoms with E-state index in [9.17, 15) is 0 Å². The first-order valence-corrected chi connectivity index (χ1v) is 6.04. The van der Waals surface area contributed by atoms with Crippen LogP contribution in [0.5, 0.6) is 5.75 Å². The molecule has 0 bridgehead atoms. The Morgan fingerprint density at radius 3 is 2.83 bits per heavy atom. The fraction of sp³-hybridized carbons (Fsp3) is 0.385. The number of anilines is 1. The molecule has 0 saturated heterocycles. The quantitative estimate of drug-likeness (QED) is 0.838. The zero-order valence-electron chi connectivity index (χ0n) is 10.6. The summed E-state index contributed by atoms with van der Waals surface area (Å²) < 4.78 is 7.09. The van der Waals surface area contributed by atoms with Crippen molar-refractivity contribution in [1.82, 2.24) is 14.8 Å². The molecule has 2 aromatic rings. The zero-order chi connectivity index (χ0) is 12.7. The third kappa shape index (κ3) is 1.81. The van der Waals surface area contributed by atoms with Crippen LogP contribution in [0.25, 0.3) is 11.4 Å². The average Bonchev–Trinajstić information content (AvgIpc) is 3.13. The van der Waals surface area contributed by atoms with Gasteiger partial charge in [0, 0.05) is 18.5 Å². The number of nitrogens with zero attached hydrogens (tertiary/aromatic N) is 3. The van der Waals surface area contributed by atoms with Crippen LogP contribution < -0.4 is 10.5 Å². The number of nitrogens with two attached hydrogens (primary N) is 1. The number of benzene rings is 1. The van der Waals surface area contributed by atoms with Crippen LogP contribution in [0, 0.1) is 0 Å². The summed E-state index contributed by atoms with van der Waals surface area (Å²) in [6.45, 7) is 0. The van der Waals surface area contributed by atoms with Crippen molar-refractivity contribution in [3.05, 3.63) is 24.0 Å². The van der Waals surface area contributed by atoms with Gasteiger partial charge in [-0.2, -0.15) is 5.10 Å². The Hall–Kier alpha value is -2.04. The van der Waals surface area contributed by atoms with Gasteiger partial charge in [-0.25, -0.2) is 4.98 Å². The van der Waals surface area contributed by atoms with Gasteiger partial charge in [-0.3, -0.25) is 4.68 Å². The first-order chi connectivity index (χ1) is 8.69. The Morgan fingerprint density at radius 1 is 1.39 bits per heavy atom. The number of methoxy groups -OCH3 is 1. The van der Waals surface area contributed by atoms with Gasteiger partial charge >= 0.3 is 0 Å². The molecule has 5 nitrogen and oxygen atoms in total. The first kappa shape index (κ1) is 11.1. The maximum Gasteiger partial charge on any atom is 0.181 e. The molecular formula is C13H16N4O. The van der Waals surface area contributed by atoms with E-state index in [0.717, 1.165) is 17.2 Å². The lowest BCUT2D eigenvalue weighted by Crippen LogP contribution is -1.96. The molecule has 1 fully saturated rings. The summed E-state index contributed by atoms with van der Waals surface area (Å²) in [5.41, 5.74) is 7.36. The lowest BCUT2D eigenvalue weighted by Gasteiger charge is -2.04. The number of aryl methyl sites for hydroxylation is 1. The molecule has 1 aromatic carbocycles. The van der Waals surface area contributed by atoms with Crippen molar-refractivity contribution >= 4 is 5.69 Å². The number of nitrogen functional groups attached to an aromatic ring is 1. The largest absolute Gasteiger partial charge is 0.495 e. The monoisotopic (exact) mass is 244 g/mol. The average molecular weight is 244 g/mol. The maximum atomic E-state index is 5.80. The van der Waals surface area contributed by atoms with E-state index in [2.05, 4.69) is 10.1 Å². The zero-order valence-corrected chi connectivity index (χ0v) is 10.6. The van der Waals surface area contributed by atoms with Gasteiger partial charge in [-0.05, 0) is 31.0 Å². The van der Waals surface area contributed by atoms with Crippen molar-refractivity contribution in [2.24, 2.45) is 7.05 Å². The Morgan fingerprint density at radius 2 is 2.17 bits per heavy atom. The summed E-state index contributed by atoms with van der Waals surface area (Å²) >= 11 is 0. The van der Waals surface area contributed by atoms with Crippen LogP contribution in [0.15, 0.2) is 18.2 Å². The van der Waals surface area contributed by atoms with Gasteiger partial charge in [0.15, 0.2) is 5.82 Å². The molecule has 1 aliphatic rings. The molecule has 1 aromatic heterocycles. The van der Waals surface area contributed by atoms with E-state index in [4.69, 9.17) is 10.5 Å². The normalized spacial score (nSPS) is 14.8. The van der Waals surface area contributed by atoms with Crippen LogP contribution in [-0.4, -0.2) is 21.9 Å². The summed E-state index contributed by atoms with van der Waals surface area (Å²) in [7, 11) is 3.55. The molecule has 0 aliphatic heterocycles. The summed E-state index contributed by atoms with van der Waals surface area (Å²) in [6.07, 6.45) is 2.44. The fourth-order valence-corrected chi connectivity index (χ4v) is 2.07. The summed E-state index contributed by atoms with van der Waals surface area (Å²) in [5.74, 6) is 3.05. The van der Waals surface area contributed by atoms with Crippen LogP contribution in [0.3, 0.4) is 0 Å². The number of hydrogen-bond donors (Lipinski definition) is 1. The van der Waals surface area contributed by atoms with E-state index in [1.165, 1.54) is 12.8 Å². The number of hydrogen-bond acceptors (Lipinski definition) is 4. The summed E-state index contributed by atoms with van der Waals surface area (Å²) in [6, 6.07) is 5.62. The van der Waals surface area contributed by atoms with Crippen LogP contribution in [0.1, 0.15) is 24.6 Å². The van der Waals surface area contributed by atoms with Gasteiger partial charge in [-0.15, -0.1) is 0 Å². The lowest BCUT2D eigenvalue weighted by molar-refractivity contribution is 0.417. The fourth-order valence-electron chi connectivity index (χ4n) is 2.07. The molecule has 0 atom stereocenters. The van der Waals surface area contributed by atoms with E-state index < -0.39 is 0 Å². The number of aromatic nitrogens is 3. The van der Waals surface area contributed by atoms with E-state index in [1.807, 2.05) is 29.9 Å². The molecule has 0 radical (unpaired) electrons. The van der Waals surface area contributed by atoms with Crippen molar-refractivity contribution in [3.63, 3.8) is 0 Å². The second-order valence-corrected chi connectivity index (χ2v) is 4.65. The molecule has 0 amide bonds. The maximum absolute atomic E-state index is 5.80. The molecule has 2 N–H and O–H groups in total. The highest BCUT2D eigenvalue weighted by Crippen LogP contribution is 2.39. The molecule has 3 rings (SSSR count). The molecule has 18 heavy (non-hydrogen) atoms. The van der Waals surface area contributed by atoms with Crippen LogP contribution in [0.4, 0.5) is 5.69 Å². The van der Waals surface area contributed by atoms with E-state index >= 15 is 0 Å². The van der Waals surface area contributed by atoms with Crippen molar-refractivity contribution in [2.75, 3.05) is 12.8 Å². The molecule has 0 unspecified atom stereocenters. The van der Waals surface area contributed by atoms with Crippen molar-refractivity contribution < 1.29 is 4.74 Å². The highest BCUT2D eigenvalue weighted by Gasteiger charge is 2.29. The SMILES string of the molecule is COc1cc(-c2nc(C3CC3)n(C)n2)ccc1N. The van der Waals surface area contributed by atoms with E-state index in [0.29, 0.717) is 17.4 Å². The molecule has 1 saturated carbocycles. The van der Waals surface area contributed by atoms with Crippen LogP contribution >= 0.6 is 0 Å². The van der Waals surface area contributed by atoms with Gasteiger partial charge in [0.1, 0.15) is 11.6 Å². The minimum absolute atomic E-state index is 0.590.